The second kappa shape index (κ2) is 20.1. The normalized spacial score (nSPS) is 11.5. The van der Waals surface area contributed by atoms with Gasteiger partial charge in [-0.05, 0) is 38.9 Å². The zero-order chi connectivity index (χ0) is 24.2. The van der Waals surface area contributed by atoms with Crippen LogP contribution in [0, 0.1) is 0 Å². The Balaban J connectivity index is 2.22. The standard InChI is InChI=1S/C28H53N3O2/c1-4-6-8-10-12-13-14-15-17-19-23-31(22-18-16-11-9-7-5-2)24-20-21-30-26-25(29-3)27(32)28(26)33/h29-30H,4-24H2,1-3H3. The lowest BCUT2D eigenvalue weighted by Gasteiger charge is -2.23. The van der Waals surface area contributed by atoms with Gasteiger partial charge in [0.05, 0.1) is 0 Å². The summed E-state index contributed by atoms with van der Waals surface area (Å²) in [4.78, 5) is 25.8. The smallest absolute Gasteiger partial charge is 0.253 e. The predicted molar refractivity (Wildman–Crippen MR) is 146 cm³/mol. The van der Waals surface area contributed by atoms with Gasteiger partial charge < -0.3 is 15.5 Å². The highest BCUT2D eigenvalue weighted by molar-refractivity contribution is 5.73. The lowest BCUT2D eigenvalue weighted by atomic mass is 10.1. The molecule has 0 aliphatic heterocycles. The summed E-state index contributed by atoms with van der Waals surface area (Å²) < 4.78 is 0. The first-order valence-electron chi connectivity index (χ1n) is 14.1. The maximum Gasteiger partial charge on any atom is 0.253 e. The van der Waals surface area contributed by atoms with Crippen molar-refractivity contribution in [3.63, 3.8) is 0 Å². The van der Waals surface area contributed by atoms with Gasteiger partial charge in [0.15, 0.2) is 0 Å². The summed E-state index contributed by atoms with van der Waals surface area (Å²) in [5, 5.41) is 6.00. The largest absolute Gasteiger partial charge is 0.383 e. The van der Waals surface area contributed by atoms with Crippen LogP contribution in [0.4, 0.5) is 11.4 Å². The van der Waals surface area contributed by atoms with Gasteiger partial charge in [-0.15, -0.1) is 0 Å². The van der Waals surface area contributed by atoms with E-state index in [4.69, 9.17) is 0 Å². The van der Waals surface area contributed by atoms with Crippen LogP contribution < -0.4 is 21.5 Å². The van der Waals surface area contributed by atoms with Crippen LogP contribution in [-0.4, -0.2) is 38.1 Å². The number of nitrogens with one attached hydrogen (secondary N) is 2. The third-order valence-electron chi connectivity index (χ3n) is 6.77. The number of rotatable bonds is 24. The van der Waals surface area contributed by atoms with Crippen molar-refractivity contribution in [2.75, 3.05) is 43.9 Å². The predicted octanol–water partition coefficient (Wildman–Crippen LogP) is 6.71. The quantitative estimate of drug-likeness (QED) is 0.132. The van der Waals surface area contributed by atoms with Gasteiger partial charge in [-0.1, -0.05) is 104 Å². The van der Waals surface area contributed by atoms with Crippen molar-refractivity contribution in [3.05, 3.63) is 20.4 Å². The van der Waals surface area contributed by atoms with E-state index in [0.717, 1.165) is 19.5 Å². The Kier molecular flexibility index (Phi) is 18.0. The average molecular weight is 464 g/mol. The molecule has 0 saturated carbocycles. The summed E-state index contributed by atoms with van der Waals surface area (Å²) in [6.45, 7) is 8.72. The minimum atomic E-state index is -0.398. The van der Waals surface area contributed by atoms with E-state index in [2.05, 4.69) is 29.4 Å². The van der Waals surface area contributed by atoms with Gasteiger partial charge in [-0.3, -0.25) is 9.59 Å². The lowest BCUT2D eigenvalue weighted by molar-refractivity contribution is 0.259. The molecule has 0 bridgehead atoms. The van der Waals surface area contributed by atoms with Gasteiger partial charge in [0.1, 0.15) is 11.4 Å². The molecule has 0 spiro atoms. The monoisotopic (exact) mass is 463 g/mol. The molecule has 0 saturated heterocycles. The van der Waals surface area contributed by atoms with Crippen LogP contribution in [0.1, 0.15) is 123 Å². The Morgan fingerprint density at radius 3 is 1.39 bits per heavy atom. The summed E-state index contributed by atoms with van der Waals surface area (Å²) in [5.74, 6) is 0. The van der Waals surface area contributed by atoms with E-state index in [0.29, 0.717) is 11.4 Å². The fourth-order valence-electron chi connectivity index (χ4n) is 4.59. The third kappa shape index (κ3) is 13.2. The van der Waals surface area contributed by atoms with Crippen molar-refractivity contribution >= 4 is 11.4 Å². The Morgan fingerprint density at radius 1 is 0.545 bits per heavy atom. The number of hydrogen-bond donors (Lipinski definition) is 2. The molecular weight excluding hydrogens is 410 g/mol. The van der Waals surface area contributed by atoms with Crippen LogP contribution in [0.3, 0.4) is 0 Å². The van der Waals surface area contributed by atoms with E-state index >= 15 is 0 Å². The van der Waals surface area contributed by atoms with Crippen LogP contribution in [0.5, 0.6) is 0 Å². The molecule has 1 rings (SSSR count). The summed E-state index contributed by atoms with van der Waals surface area (Å²) in [7, 11) is 1.69. The fraction of sp³-hybridized carbons (Fsp3) is 0.857. The molecular formula is C28H53N3O2. The van der Waals surface area contributed by atoms with Crippen LogP contribution in [0.25, 0.3) is 0 Å². The molecule has 0 unspecified atom stereocenters. The molecule has 192 valence electrons. The molecule has 5 nitrogen and oxygen atoms in total. The van der Waals surface area contributed by atoms with Gasteiger partial charge in [-0.2, -0.15) is 0 Å². The van der Waals surface area contributed by atoms with Gasteiger partial charge in [-0.25, -0.2) is 0 Å². The third-order valence-corrected chi connectivity index (χ3v) is 6.77. The molecule has 0 radical (unpaired) electrons. The molecule has 0 atom stereocenters. The van der Waals surface area contributed by atoms with Gasteiger partial charge in [0, 0.05) is 13.6 Å². The summed E-state index contributed by atoms with van der Waals surface area (Å²) in [5.41, 5.74) is 0.133. The topological polar surface area (TPSA) is 61.4 Å². The first-order valence-corrected chi connectivity index (χ1v) is 14.1. The molecule has 0 fully saturated rings. The number of nitrogens with zero attached hydrogens (tertiary/aromatic N) is 1. The van der Waals surface area contributed by atoms with Crippen LogP contribution in [-0.2, 0) is 0 Å². The average Bonchev–Trinajstić information content (AvgIpc) is 2.83. The molecule has 0 aliphatic carbocycles. The Morgan fingerprint density at radius 2 is 0.939 bits per heavy atom. The van der Waals surface area contributed by atoms with Crippen molar-refractivity contribution in [1.82, 2.24) is 4.90 Å². The van der Waals surface area contributed by atoms with E-state index in [9.17, 15) is 9.59 Å². The maximum atomic E-state index is 11.7. The Hall–Kier alpha value is -1.36. The molecule has 0 aliphatic rings. The van der Waals surface area contributed by atoms with Crippen molar-refractivity contribution in [2.24, 2.45) is 0 Å². The van der Waals surface area contributed by atoms with Gasteiger partial charge in [0.25, 0.3) is 10.9 Å². The molecule has 0 heterocycles. The molecule has 33 heavy (non-hydrogen) atoms. The summed E-state index contributed by atoms with van der Waals surface area (Å²) >= 11 is 0. The molecule has 5 heteroatoms. The van der Waals surface area contributed by atoms with E-state index in [1.54, 1.807) is 7.05 Å². The number of hydrogen-bond acceptors (Lipinski definition) is 5. The highest BCUT2D eigenvalue weighted by Gasteiger charge is 2.18. The fourth-order valence-corrected chi connectivity index (χ4v) is 4.59. The first kappa shape index (κ1) is 29.7. The van der Waals surface area contributed by atoms with Crippen molar-refractivity contribution < 1.29 is 0 Å². The lowest BCUT2D eigenvalue weighted by Crippen LogP contribution is -2.37. The molecule has 2 N–H and O–H groups in total. The number of anilines is 2. The van der Waals surface area contributed by atoms with E-state index in [1.807, 2.05) is 0 Å². The molecule has 1 aromatic carbocycles. The molecule has 0 aromatic heterocycles. The Labute approximate surface area is 203 Å². The van der Waals surface area contributed by atoms with E-state index < -0.39 is 5.43 Å². The van der Waals surface area contributed by atoms with Crippen molar-refractivity contribution in [3.8, 4) is 0 Å². The minimum Gasteiger partial charge on any atom is -0.383 e. The van der Waals surface area contributed by atoms with E-state index in [1.165, 1.54) is 116 Å². The summed E-state index contributed by atoms with van der Waals surface area (Å²) in [6.07, 6.45) is 22.8. The van der Waals surface area contributed by atoms with Crippen LogP contribution in [0.2, 0.25) is 0 Å². The first-order chi connectivity index (χ1) is 16.2. The van der Waals surface area contributed by atoms with Crippen LogP contribution in [0.15, 0.2) is 9.59 Å². The Bertz CT molecular complexity index is 652. The zero-order valence-corrected chi connectivity index (χ0v) is 22.1. The minimum absolute atomic E-state index is 0.381. The molecule has 1 aromatic rings. The summed E-state index contributed by atoms with van der Waals surface area (Å²) in [6, 6.07) is 0. The second-order valence-electron chi connectivity index (χ2n) is 9.73. The molecule has 0 amide bonds. The van der Waals surface area contributed by atoms with Gasteiger partial charge >= 0.3 is 0 Å². The van der Waals surface area contributed by atoms with E-state index in [-0.39, 0.29) is 5.43 Å². The second-order valence-corrected chi connectivity index (χ2v) is 9.73. The zero-order valence-electron chi connectivity index (χ0n) is 22.1. The SMILES string of the molecule is CCCCCCCCCCCCN(CCCCCCCC)CCCNc1c(NC)c(=O)c1=O. The number of unbranched alkanes of at least 4 members (excludes halogenated alkanes) is 14. The van der Waals surface area contributed by atoms with Crippen LogP contribution >= 0.6 is 0 Å². The highest BCUT2D eigenvalue weighted by Crippen LogP contribution is 2.14. The van der Waals surface area contributed by atoms with Gasteiger partial charge in [0.2, 0.25) is 0 Å². The maximum absolute atomic E-state index is 11.7. The van der Waals surface area contributed by atoms with Crippen molar-refractivity contribution in [2.45, 2.75) is 123 Å². The van der Waals surface area contributed by atoms with Crippen molar-refractivity contribution in [1.29, 1.82) is 0 Å². The highest BCUT2D eigenvalue weighted by atomic mass is 16.2.